The molecule has 0 rings (SSSR count). The summed E-state index contributed by atoms with van der Waals surface area (Å²) in [5.41, 5.74) is 0. The Morgan fingerprint density at radius 2 is 2.13 bits per heavy atom. The number of carbonyl (C=O) groups is 1. The first kappa shape index (κ1) is 14.3. The van der Waals surface area contributed by atoms with Crippen molar-refractivity contribution in [2.75, 3.05) is 39.5 Å². The summed E-state index contributed by atoms with van der Waals surface area (Å²) in [5, 5.41) is 14.2. The molecule has 15 heavy (non-hydrogen) atoms. The first-order chi connectivity index (χ1) is 7.31. The van der Waals surface area contributed by atoms with Gasteiger partial charge in [0.15, 0.2) is 0 Å². The lowest BCUT2D eigenvalue weighted by Crippen LogP contribution is -2.34. The van der Waals surface area contributed by atoms with Gasteiger partial charge in [-0.15, -0.1) is 0 Å². The van der Waals surface area contributed by atoms with E-state index < -0.39 is 0 Å². The van der Waals surface area contributed by atoms with Crippen molar-refractivity contribution in [2.24, 2.45) is 0 Å². The average Bonchev–Trinajstić information content (AvgIpc) is 2.23. The van der Waals surface area contributed by atoms with Crippen LogP contribution in [0.4, 0.5) is 0 Å². The number of nitrogens with one attached hydrogen (secondary N) is 2. The molecule has 0 aromatic heterocycles. The Bertz CT molecular complexity index is 154. The molecular weight excluding hydrogens is 196 g/mol. The van der Waals surface area contributed by atoms with E-state index in [1.54, 1.807) is 0 Å². The van der Waals surface area contributed by atoms with Gasteiger partial charge in [0.25, 0.3) is 0 Å². The van der Waals surface area contributed by atoms with Crippen molar-refractivity contribution < 1.29 is 14.6 Å². The van der Waals surface area contributed by atoms with Crippen LogP contribution in [0.15, 0.2) is 0 Å². The molecule has 0 saturated heterocycles. The monoisotopic (exact) mass is 218 g/mol. The van der Waals surface area contributed by atoms with Gasteiger partial charge in [0.2, 0.25) is 5.91 Å². The van der Waals surface area contributed by atoms with E-state index in [0.29, 0.717) is 26.3 Å². The van der Waals surface area contributed by atoms with Gasteiger partial charge in [0.05, 0.1) is 19.8 Å². The van der Waals surface area contributed by atoms with Crippen LogP contribution in [0.1, 0.15) is 19.8 Å². The molecule has 5 heteroatoms. The zero-order valence-corrected chi connectivity index (χ0v) is 9.42. The molecule has 0 bridgehead atoms. The number of aliphatic hydroxyl groups excluding tert-OH is 1. The van der Waals surface area contributed by atoms with Crippen LogP contribution in [0.5, 0.6) is 0 Å². The van der Waals surface area contributed by atoms with E-state index in [0.717, 1.165) is 19.4 Å². The van der Waals surface area contributed by atoms with E-state index in [-0.39, 0.29) is 12.5 Å². The quantitative estimate of drug-likeness (QED) is 0.432. The van der Waals surface area contributed by atoms with Crippen LogP contribution < -0.4 is 10.6 Å². The first-order valence-corrected chi connectivity index (χ1v) is 5.47. The molecule has 0 saturated carbocycles. The van der Waals surface area contributed by atoms with Crippen molar-refractivity contribution in [3.05, 3.63) is 0 Å². The molecule has 0 aliphatic carbocycles. The summed E-state index contributed by atoms with van der Waals surface area (Å²) in [6, 6.07) is 0. The largest absolute Gasteiger partial charge is 0.394 e. The molecule has 0 aliphatic heterocycles. The van der Waals surface area contributed by atoms with Crippen molar-refractivity contribution in [2.45, 2.75) is 19.8 Å². The SMILES string of the molecule is CCCNCC(=O)NCCCOCCO. The Hall–Kier alpha value is -0.650. The third-order valence-electron chi connectivity index (χ3n) is 1.74. The molecule has 0 aromatic rings. The highest BCUT2D eigenvalue weighted by Gasteiger charge is 1.98. The van der Waals surface area contributed by atoms with Crippen LogP contribution in [0, 0.1) is 0 Å². The molecule has 0 aliphatic rings. The van der Waals surface area contributed by atoms with E-state index in [2.05, 4.69) is 17.6 Å². The summed E-state index contributed by atoms with van der Waals surface area (Å²) in [4.78, 5) is 11.2. The highest BCUT2D eigenvalue weighted by molar-refractivity contribution is 5.77. The maximum Gasteiger partial charge on any atom is 0.233 e. The maximum absolute atomic E-state index is 11.2. The Labute approximate surface area is 91.2 Å². The van der Waals surface area contributed by atoms with Gasteiger partial charge in [0.1, 0.15) is 0 Å². The number of ether oxygens (including phenoxy) is 1. The molecule has 0 unspecified atom stereocenters. The lowest BCUT2D eigenvalue weighted by Gasteiger charge is -2.06. The second-order valence-corrected chi connectivity index (χ2v) is 3.22. The lowest BCUT2D eigenvalue weighted by atomic mass is 10.4. The Morgan fingerprint density at radius 3 is 2.80 bits per heavy atom. The molecule has 0 atom stereocenters. The molecule has 0 aromatic carbocycles. The van der Waals surface area contributed by atoms with Gasteiger partial charge in [-0.2, -0.15) is 0 Å². The van der Waals surface area contributed by atoms with Crippen molar-refractivity contribution in [1.82, 2.24) is 10.6 Å². The Kier molecular flexibility index (Phi) is 10.9. The summed E-state index contributed by atoms with van der Waals surface area (Å²) in [6.07, 6.45) is 1.81. The van der Waals surface area contributed by atoms with E-state index in [1.807, 2.05) is 0 Å². The van der Waals surface area contributed by atoms with Gasteiger partial charge >= 0.3 is 0 Å². The molecular formula is C10H22N2O3. The average molecular weight is 218 g/mol. The summed E-state index contributed by atoms with van der Waals surface area (Å²) in [6.45, 7) is 4.92. The van der Waals surface area contributed by atoms with Crippen molar-refractivity contribution in [3.8, 4) is 0 Å². The van der Waals surface area contributed by atoms with Gasteiger partial charge in [-0.05, 0) is 19.4 Å². The molecule has 0 fully saturated rings. The van der Waals surface area contributed by atoms with Crippen LogP contribution in [-0.4, -0.2) is 50.5 Å². The normalized spacial score (nSPS) is 10.3. The van der Waals surface area contributed by atoms with E-state index in [4.69, 9.17) is 9.84 Å². The second kappa shape index (κ2) is 11.4. The van der Waals surface area contributed by atoms with Crippen molar-refractivity contribution >= 4 is 5.91 Å². The molecule has 5 nitrogen and oxygen atoms in total. The fraction of sp³-hybridized carbons (Fsp3) is 0.900. The van der Waals surface area contributed by atoms with Gasteiger partial charge in [-0.1, -0.05) is 6.92 Å². The molecule has 1 amide bonds. The van der Waals surface area contributed by atoms with E-state index >= 15 is 0 Å². The third kappa shape index (κ3) is 11.3. The van der Waals surface area contributed by atoms with Crippen LogP contribution in [0.3, 0.4) is 0 Å². The number of carbonyl (C=O) groups excluding carboxylic acids is 1. The minimum Gasteiger partial charge on any atom is -0.394 e. The number of hydrogen-bond donors (Lipinski definition) is 3. The number of rotatable bonds is 10. The van der Waals surface area contributed by atoms with Crippen LogP contribution in [-0.2, 0) is 9.53 Å². The topological polar surface area (TPSA) is 70.6 Å². The van der Waals surface area contributed by atoms with Crippen LogP contribution >= 0.6 is 0 Å². The van der Waals surface area contributed by atoms with Crippen LogP contribution in [0.25, 0.3) is 0 Å². The molecule has 0 spiro atoms. The molecule has 3 N–H and O–H groups in total. The first-order valence-electron chi connectivity index (χ1n) is 5.47. The standard InChI is InChI=1S/C10H22N2O3/c1-2-4-11-9-10(14)12-5-3-7-15-8-6-13/h11,13H,2-9H2,1H3,(H,12,14). The van der Waals surface area contributed by atoms with Gasteiger partial charge in [0, 0.05) is 13.2 Å². The molecule has 0 heterocycles. The smallest absolute Gasteiger partial charge is 0.233 e. The fourth-order valence-electron chi connectivity index (χ4n) is 1.01. The van der Waals surface area contributed by atoms with E-state index in [9.17, 15) is 4.79 Å². The van der Waals surface area contributed by atoms with Gasteiger partial charge < -0.3 is 20.5 Å². The highest BCUT2D eigenvalue weighted by Crippen LogP contribution is 1.80. The van der Waals surface area contributed by atoms with Gasteiger partial charge in [-0.3, -0.25) is 4.79 Å². The van der Waals surface area contributed by atoms with E-state index in [1.165, 1.54) is 0 Å². The predicted molar refractivity (Wildman–Crippen MR) is 58.7 cm³/mol. The summed E-state index contributed by atoms with van der Waals surface area (Å²) in [5.74, 6) is 0.0191. The minimum atomic E-state index is 0.0191. The zero-order valence-electron chi connectivity index (χ0n) is 9.42. The number of aliphatic hydroxyl groups is 1. The van der Waals surface area contributed by atoms with Crippen molar-refractivity contribution in [1.29, 1.82) is 0 Å². The number of hydrogen-bond acceptors (Lipinski definition) is 4. The van der Waals surface area contributed by atoms with Crippen molar-refractivity contribution in [3.63, 3.8) is 0 Å². The Balaban J connectivity index is 3.10. The molecule has 0 radical (unpaired) electrons. The third-order valence-corrected chi connectivity index (χ3v) is 1.74. The highest BCUT2D eigenvalue weighted by atomic mass is 16.5. The zero-order chi connectivity index (χ0) is 11.4. The Morgan fingerprint density at radius 1 is 1.33 bits per heavy atom. The minimum absolute atomic E-state index is 0.0191. The predicted octanol–water partition coefficient (Wildman–Crippen LogP) is -0.499. The summed E-state index contributed by atoms with van der Waals surface area (Å²) < 4.78 is 5.05. The van der Waals surface area contributed by atoms with Crippen LogP contribution in [0.2, 0.25) is 0 Å². The summed E-state index contributed by atoms with van der Waals surface area (Å²) >= 11 is 0. The molecule has 90 valence electrons. The fourth-order valence-corrected chi connectivity index (χ4v) is 1.01. The maximum atomic E-state index is 11.2. The second-order valence-electron chi connectivity index (χ2n) is 3.22. The lowest BCUT2D eigenvalue weighted by molar-refractivity contribution is -0.120. The van der Waals surface area contributed by atoms with Gasteiger partial charge in [-0.25, -0.2) is 0 Å². The summed E-state index contributed by atoms with van der Waals surface area (Å²) in [7, 11) is 0. The number of amides is 1.